The van der Waals surface area contributed by atoms with Crippen LogP contribution in [0.25, 0.3) is 16.7 Å². The lowest BCUT2D eigenvalue weighted by Gasteiger charge is -2.32. The van der Waals surface area contributed by atoms with E-state index in [0.29, 0.717) is 41.2 Å². The number of aromatic nitrogens is 7. The van der Waals surface area contributed by atoms with Gasteiger partial charge in [0.05, 0.1) is 24.4 Å². The molecule has 1 N–H and O–H groups in total. The number of tetrazole rings is 1. The van der Waals surface area contributed by atoms with Gasteiger partial charge in [-0.2, -0.15) is 0 Å². The van der Waals surface area contributed by atoms with Crippen molar-refractivity contribution in [1.29, 1.82) is 0 Å². The number of nitrogens with zero attached hydrogens (tertiary/aromatic N) is 8. The molecule has 6 rings (SSSR count). The summed E-state index contributed by atoms with van der Waals surface area (Å²) in [6.07, 6.45) is 3.25. The van der Waals surface area contributed by atoms with Crippen molar-refractivity contribution in [3.63, 3.8) is 0 Å². The van der Waals surface area contributed by atoms with Gasteiger partial charge in [0, 0.05) is 18.8 Å². The van der Waals surface area contributed by atoms with Crippen molar-refractivity contribution >= 4 is 28.5 Å². The van der Waals surface area contributed by atoms with Gasteiger partial charge in [0.1, 0.15) is 30.2 Å². The van der Waals surface area contributed by atoms with E-state index in [4.69, 9.17) is 9.47 Å². The van der Waals surface area contributed by atoms with Crippen LogP contribution in [0.15, 0.2) is 73.1 Å². The summed E-state index contributed by atoms with van der Waals surface area (Å²) in [6.45, 7) is 2.78. The van der Waals surface area contributed by atoms with Crippen molar-refractivity contribution in [3.8, 4) is 11.4 Å². The highest BCUT2D eigenvalue weighted by molar-refractivity contribution is 6.01. The molecular weight excluding hydrogens is 550 g/mol. The van der Waals surface area contributed by atoms with Crippen LogP contribution in [-0.4, -0.2) is 73.4 Å². The van der Waals surface area contributed by atoms with Crippen molar-refractivity contribution in [2.75, 3.05) is 25.2 Å². The molecule has 0 bridgehead atoms. The molecule has 0 aliphatic carbocycles. The molecule has 220 valence electrons. The molecule has 0 radical (unpaired) electrons. The van der Waals surface area contributed by atoms with Gasteiger partial charge >= 0.3 is 0 Å². The molecule has 0 saturated carbocycles. The minimum Gasteiger partial charge on any atom is -0.497 e. The monoisotopic (exact) mass is 581 g/mol. The molecule has 43 heavy (non-hydrogen) atoms. The Labute approximate surface area is 247 Å². The maximum atomic E-state index is 14.4. The summed E-state index contributed by atoms with van der Waals surface area (Å²) in [5.74, 6) is -0.0474. The van der Waals surface area contributed by atoms with Crippen LogP contribution < -0.4 is 15.0 Å². The second-order valence-corrected chi connectivity index (χ2v) is 10.3. The fourth-order valence-electron chi connectivity index (χ4n) is 5.31. The average Bonchev–Trinajstić information content (AvgIpc) is 3.82. The van der Waals surface area contributed by atoms with Crippen molar-refractivity contribution in [1.82, 2.24) is 40.5 Å². The van der Waals surface area contributed by atoms with Gasteiger partial charge in [0.2, 0.25) is 11.8 Å². The highest BCUT2D eigenvalue weighted by Gasteiger charge is 2.34. The molecule has 0 spiro atoms. The van der Waals surface area contributed by atoms with E-state index in [0.717, 1.165) is 24.1 Å². The highest BCUT2D eigenvalue weighted by Crippen LogP contribution is 2.32. The van der Waals surface area contributed by atoms with E-state index in [-0.39, 0.29) is 24.5 Å². The Hall–Kier alpha value is -5.17. The maximum absolute atomic E-state index is 14.4. The van der Waals surface area contributed by atoms with Gasteiger partial charge in [-0.3, -0.25) is 14.5 Å². The number of aryl methyl sites for hydroxylation is 1. The quantitative estimate of drug-likeness (QED) is 0.263. The number of rotatable bonds is 10. The average molecular weight is 582 g/mol. The molecule has 1 saturated heterocycles. The first-order valence-electron chi connectivity index (χ1n) is 14.0. The Morgan fingerprint density at radius 1 is 1.12 bits per heavy atom. The Kier molecular flexibility index (Phi) is 8.05. The third-order valence-electron chi connectivity index (χ3n) is 7.49. The Morgan fingerprint density at radius 2 is 1.95 bits per heavy atom. The normalized spacial score (nSPS) is 15.3. The largest absolute Gasteiger partial charge is 0.497 e. The molecule has 13 nitrogen and oxygen atoms in total. The van der Waals surface area contributed by atoms with Crippen LogP contribution >= 0.6 is 0 Å². The molecule has 5 aromatic rings. The van der Waals surface area contributed by atoms with Crippen molar-refractivity contribution in [3.05, 3.63) is 84.2 Å². The molecule has 1 aliphatic heterocycles. The summed E-state index contributed by atoms with van der Waals surface area (Å²) in [7, 11) is 1.58. The van der Waals surface area contributed by atoms with Crippen LogP contribution in [0.1, 0.15) is 30.0 Å². The number of ether oxygens (including phenoxy) is 2. The highest BCUT2D eigenvalue weighted by atomic mass is 16.5. The maximum Gasteiger partial charge on any atom is 0.249 e. The molecule has 3 heterocycles. The predicted octanol–water partition coefficient (Wildman–Crippen LogP) is 2.79. The summed E-state index contributed by atoms with van der Waals surface area (Å²) in [4.78, 5) is 29.9. The number of anilines is 1. The molecule has 1 aliphatic rings. The minimum atomic E-state index is -1.01. The summed E-state index contributed by atoms with van der Waals surface area (Å²) in [5, 5.41) is 22.9. The Balaban J connectivity index is 1.42. The summed E-state index contributed by atoms with van der Waals surface area (Å²) < 4.78 is 14.2. The second kappa shape index (κ2) is 12.4. The predicted molar refractivity (Wildman–Crippen MR) is 157 cm³/mol. The molecule has 2 aromatic heterocycles. The lowest BCUT2D eigenvalue weighted by molar-refractivity contribution is -0.127. The fraction of sp³-hybridized carbons (Fsp3) is 0.300. The van der Waals surface area contributed by atoms with E-state index in [2.05, 4.69) is 31.2 Å². The third-order valence-corrected chi connectivity index (χ3v) is 7.49. The standard InChI is InChI=1S/C30H31N9O4/c1-20-16-22(11-14-26(20)38-19-32-34-36-38)39(28(40)18-37-27-8-4-3-7-25(27)33-35-37)29(21-9-12-23(42-2)13-10-21)30(41)31-17-24-6-5-15-43-24/h3-4,7-14,16,19,24,29H,5-6,15,17-18H2,1-2H3,(H,31,41). The zero-order valence-corrected chi connectivity index (χ0v) is 23.8. The van der Waals surface area contributed by atoms with Gasteiger partial charge < -0.3 is 14.8 Å². The van der Waals surface area contributed by atoms with E-state index in [9.17, 15) is 9.59 Å². The zero-order valence-electron chi connectivity index (χ0n) is 23.8. The summed E-state index contributed by atoms with van der Waals surface area (Å²) >= 11 is 0. The number of carbonyl (C=O) groups excluding carboxylic acids is 2. The first kappa shape index (κ1) is 28.0. The van der Waals surface area contributed by atoms with Crippen LogP contribution in [0.3, 0.4) is 0 Å². The Morgan fingerprint density at radius 3 is 2.67 bits per heavy atom. The van der Waals surface area contributed by atoms with Gasteiger partial charge in [-0.15, -0.1) is 10.2 Å². The second-order valence-electron chi connectivity index (χ2n) is 10.3. The fourth-order valence-corrected chi connectivity index (χ4v) is 5.31. The van der Waals surface area contributed by atoms with Crippen LogP contribution in [0.4, 0.5) is 5.69 Å². The zero-order chi connectivity index (χ0) is 29.8. The van der Waals surface area contributed by atoms with E-state index in [1.54, 1.807) is 46.8 Å². The number of carbonyl (C=O) groups is 2. The van der Waals surface area contributed by atoms with Gasteiger partial charge in [0.15, 0.2) is 0 Å². The van der Waals surface area contributed by atoms with Gasteiger partial charge in [-0.25, -0.2) is 9.36 Å². The number of nitrogens with one attached hydrogen (secondary N) is 1. The van der Waals surface area contributed by atoms with Gasteiger partial charge in [-0.1, -0.05) is 29.5 Å². The molecular formula is C30H31N9O4. The number of methoxy groups -OCH3 is 1. The lowest BCUT2D eigenvalue weighted by Crippen LogP contribution is -2.46. The van der Waals surface area contributed by atoms with E-state index >= 15 is 0 Å². The van der Waals surface area contributed by atoms with Crippen LogP contribution in [0.2, 0.25) is 0 Å². The third kappa shape index (κ3) is 5.93. The number of hydrogen-bond acceptors (Lipinski definition) is 9. The Bertz CT molecular complexity index is 1710. The molecule has 1 fully saturated rings. The minimum absolute atomic E-state index is 0.0658. The van der Waals surface area contributed by atoms with Gasteiger partial charge in [-0.05, 0) is 83.8 Å². The number of amides is 2. The van der Waals surface area contributed by atoms with Crippen molar-refractivity contribution in [2.24, 2.45) is 0 Å². The van der Waals surface area contributed by atoms with Crippen molar-refractivity contribution < 1.29 is 19.1 Å². The van der Waals surface area contributed by atoms with Gasteiger partial charge in [0.25, 0.3) is 0 Å². The number of benzene rings is 3. The van der Waals surface area contributed by atoms with E-state index < -0.39 is 6.04 Å². The molecule has 13 heteroatoms. The topological polar surface area (TPSA) is 142 Å². The number of para-hydroxylation sites is 1. The van der Waals surface area contributed by atoms with E-state index in [1.165, 1.54) is 11.2 Å². The first-order valence-corrected chi connectivity index (χ1v) is 14.0. The summed E-state index contributed by atoms with van der Waals surface area (Å²) in [5.41, 5.74) is 4.07. The van der Waals surface area contributed by atoms with Crippen molar-refractivity contribution in [2.45, 2.75) is 38.5 Å². The number of fused-ring (bicyclic) bond motifs is 1. The molecule has 2 unspecified atom stereocenters. The smallest absolute Gasteiger partial charge is 0.249 e. The first-order chi connectivity index (χ1) is 21.0. The van der Waals surface area contributed by atoms with Crippen LogP contribution in [0.5, 0.6) is 5.75 Å². The lowest BCUT2D eigenvalue weighted by atomic mass is 10.0. The summed E-state index contributed by atoms with van der Waals surface area (Å²) in [6, 6.07) is 19.0. The molecule has 2 atom stereocenters. The number of hydrogen-bond donors (Lipinski definition) is 1. The van der Waals surface area contributed by atoms with Crippen LogP contribution in [-0.2, 0) is 20.9 Å². The van der Waals surface area contributed by atoms with E-state index in [1.807, 2.05) is 43.3 Å². The van der Waals surface area contributed by atoms with Crippen LogP contribution in [0, 0.1) is 6.92 Å². The molecule has 3 aromatic carbocycles. The SMILES string of the molecule is COc1ccc(C(C(=O)NCC2CCCO2)N(C(=O)Cn2nnc3ccccc32)c2ccc(-n3cnnn3)c(C)c2)cc1. The molecule has 2 amide bonds.